The second-order valence-corrected chi connectivity index (χ2v) is 21.5. The van der Waals surface area contributed by atoms with Gasteiger partial charge < -0.3 is 5.32 Å². The van der Waals surface area contributed by atoms with Crippen LogP contribution in [0.5, 0.6) is 0 Å². The van der Waals surface area contributed by atoms with Crippen molar-refractivity contribution in [3.8, 4) is 0 Å². The van der Waals surface area contributed by atoms with Gasteiger partial charge in [-0.25, -0.2) is 0 Å². The molecule has 4 aliphatic rings. The van der Waals surface area contributed by atoms with Crippen molar-refractivity contribution < 1.29 is 13.5 Å². The van der Waals surface area contributed by atoms with Gasteiger partial charge in [-0.3, -0.25) is 4.98 Å². The van der Waals surface area contributed by atoms with Gasteiger partial charge in [-0.05, 0) is 95.2 Å². The Morgan fingerprint density at radius 3 is 1.57 bits per heavy atom. The summed E-state index contributed by atoms with van der Waals surface area (Å²) in [4.78, 5) is 9.28. The monoisotopic (exact) mass is 836 g/mol. The molecule has 4 unspecified atom stereocenters. The van der Waals surface area contributed by atoms with Crippen LogP contribution in [-0.4, -0.2) is 57.7 Å². The van der Waals surface area contributed by atoms with Gasteiger partial charge in [0.2, 0.25) is 6.67 Å². The van der Waals surface area contributed by atoms with Gasteiger partial charge in [-0.1, -0.05) is 61.3 Å². The van der Waals surface area contributed by atoms with Crippen LogP contribution in [0.2, 0.25) is 0 Å². The third-order valence-electron chi connectivity index (χ3n) is 10.3. The van der Waals surface area contributed by atoms with Crippen LogP contribution in [-0.2, 0) is 13.5 Å². The summed E-state index contributed by atoms with van der Waals surface area (Å²) in [5, 5.41) is 4.23. The summed E-state index contributed by atoms with van der Waals surface area (Å²) in [6.45, 7) is 24.4. The van der Waals surface area contributed by atoms with Gasteiger partial charge in [0.25, 0.3) is 0 Å². The van der Waals surface area contributed by atoms with Crippen LogP contribution in [0.4, 0.5) is 0 Å². The summed E-state index contributed by atoms with van der Waals surface area (Å²) in [7, 11) is 11.3. The van der Waals surface area contributed by atoms with Gasteiger partial charge in [-0.15, -0.1) is 22.9 Å². The van der Waals surface area contributed by atoms with Crippen LogP contribution in [0.15, 0.2) is 59.3 Å². The number of aromatic nitrogens is 1. The quantitative estimate of drug-likeness (QED) is 0.228. The molecule has 2 aliphatic carbocycles. The van der Waals surface area contributed by atoms with E-state index in [0.29, 0.717) is 0 Å². The van der Waals surface area contributed by atoms with Gasteiger partial charge in [0.1, 0.15) is 0 Å². The van der Waals surface area contributed by atoms with E-state index in [0.717, 1.165) is 76.6 Å². The average molecular weight is 838 g/mol. The molecule has 0 N–H and O–H groups in total. The molecule has 2 aromatic rings. The number of benzene rings is 1. The Labute approximate surface area is 309 Å². The van der Waals surface area contributed by atoms with Gasteiger partial charge in [0.05, 0.1) is 25.2 Å². The molecule has 2 aliphatic heterocycles. The summed E-state index contributed by atoms with van der Waals surface area (Å²) < 4.78 is 2.95. The summed E-state index contributed by atoms with van der Waals surface area (Å²) >= 11 is 1.63. The summed E-state index contributed by atoms with van der Waals surface area (Å²) in [5.74, 6) is 6.12. The van der Waals surface area contributed by atoms with E-state index in [2.05, 4.69) is 91.2 Å². The first kappa shape index (κ1) is 41.1. The fourth-order valence-electron chi connectivity index (χ4n) is 8.54. The zero-order chi connectivity index (χ0) is 34.3. The van der Waals surface area contributed by atoms with E-state index in [1.807, 2.05) is 47.1 Å². The number of nitrogens with zero attached hydrogens (tertiary/aromatic N) is 4. The van der Waals surface area contributed by atoms with Crippen molar-refractivity contribution in [1.29, 1.82) is 0 Å². The minimum absolute atomic E-state index is 0.768. The van der Waals surface area contributed by atoms with Crippen LogP contribution in [0.3, 0.4) is 0 Å². The molecule has 0 spiro atoms. The van der Waals surface area contributed by atoms with Crippen molar-refractivity contribution >= 4 is 39.9 Å². The van der Waals surface area contributed by atoms with E-state index in [1.54, 1.807) is 12.4 Å². The number of rotatable bonds is 3. The van der Waals surface area contributed by atoms with Crippen molar-refractivity contribution in [3.05, 3.63) is 76.9 Å². The van der Waals surface area contributed by atoms with Crippen molar-refractivity contribution in [1.82, 2.24) is 14.8 Å². The molecule has 2 saturated heterocycles. The molecule has 0 bridgehead atoms. The molecule has 1 aromatic heterocycles. The normalized spacial score (nSPS) is 31.8. The van der Waals surface area contributed by atoms with Gasteiger partial charge in [0.15, 0.2) is 0 Å². The number of hydrogen-bond acceptors (Lipinski definition) is 3. The Kier molecular flexibility index (Phi) is 19.1. The molecule has 3 heterocycles. The Morgan fingerprint density at radius 2 is 1.23 bits per heavy atom. The van der Waals surface area contributed by atoms with Crippen LogP contribution in [0.25, 0.3) is 5.32 Å². The predicted octanol–water partition coefficient (Wildman–Crippen LogP) is 11.3. The van der Waals surface area contributed by atoms with Crippen LogP contribution in [0, 0.1) is 48.1 Å². The maximum atomic E-state index is 5.67. The minimum atomic E-state index is -1.61. The molecule has 266 valence electrons. The summed E-state index contributed by atoms with van der Waals surface area (Å²) in [6.07, 6.45) is 11.8. The molecule has 0 radical (unpaired) electrons. The van der Waals surface area contributed by atoms with Crippen LogP contribution >= 0.6 is 35.3 Å². The fourth-order valence-corrected chi connectivity index (χ4v) is 10.6. The average Bonchev–Trinajstić information content (AvgIpc) is 3.47. The number of pyridine rings is 1. The molecule has 1 aromatic carbocycles. The molecule has 6 rings (SSSR count). The van der Waals surface area contributed by atoms with Gasteiger partial charge >= 0.3 is 73.4 Å². The molecule has 8 heteroatoms. The van der Waals surface area contributed by atoms with E-state index >= 15 is 0 Å². The van der Waals surface area contributed by atoms with Crippen molar-refractivity contribution in [2.24, 2.45) is 41.4 Å². The maximum absolute atomic E-state index is 5.67. The molecule has 2 saturated carbocycles. The zero-order valence-corrected chi connectivity index (χ0v) is 34.7. The molecular weight excluding hydrogens is 776 g/mol. The number of piperidine rings is 1. The molecule has 4 fully saturated rings. The first-order valence-electron chi connectivity index (χ1n) is 17.9. The predicted molar refractivity (Wildman–Crippen MR) is 205 cm³/mol. The van der Waals surface area contributed by atoms with E-state index in [4.69, 9.17) is 19.4 Å². The Balaban J connectivity index is 0.000000204. The zero-order valence-electron chi connectivity index (χ0n) is 29.9. The Morgan fingerprint density at radius 1 is 0.745 bits per heavy atom. The van der Waals surface area contributed by atoms with E-state index in [1.165, 1.54) is 51.6 Å². The topological polar surface area (TPSA) is 33.5 Å². The fraction of sp³-hybridized carbons (Fsp3) is 0.667. The van der Waals surface area contributed by atoms with Crippen molar-refractivity contribution in [3.63, 3.8) is 0 Å². The van der Waals surface area contributed by atoms with Crippen molar-refractivity contribution in [2.75, 3.05) is 26.2 Å². The Bertz CT molecular complexity index is 1090. The van der Waals surface area contributed by atoms with Crippen molar-refractivity contribution in [2.45, 2.75) is 99.1 Å². The van der Waals surface area contributed by atoms with Crippen LogP contribution in [0.1, 0.15) is 92.6 Å². The Hall–Kier alpha value is -0.327. The molecule has 4 nitrogen and oxygen atoms in total. The second kappa shape index (κ2) is 21.8. The van der Waals surface area contributed by atoms with Gasteiger partial charge in [-0.2, -0.15) is 0 Å². The third kappa shape index (κ3) is 14.8. The first-order chi connectivity index (χ1) is 22.4. The second-order valence-electron chi connectivity index (χ2n) is 14.9. The molecular formula is C39H61BrCl2N4Ru. The molecule has 0 amide bonds. The number of halogens is 3. The summed E-state index contributed by atoms with van der Waals surface area (Å²) in [6, 6.07) is 15.2. The standard InChI is InChI=1S/C21H39N2.C7H6.C6H12N.C5H4BrN.2ClH.Ru/c1-14-9-16(3)20(17(4)10-14)22-7-8-23(13-22)21-18(5)11-15(2)12-19(21)6;1-7-5-3-2-4-6-7;1-6-2-4-7-5-3-6;6-5-2-1-3-7-4-5;;;/h13-21H,7-12H2,1-6H3;1-6H;6H,2-5H2,1H3;1-4H;2*1H;/q+1;;-1;;;;+2/p-2. The third-order valence-corrected chi connectivity index (χ3v) is 12.6. The molecule has 47 heavy (non-hydrogen) atoms. The molecule has 4 atom stereocenters. The van der Waals surface area contributed by atoms with E-state index in [-0.39, 0.29) is 0 Å². The first-order valence-corrected chi connectivity index (χ1v) is 24.1. The van der Waals surface area contributed by atoms with Gasteiger partial charge in [0, 0.05) is 16.9 Å². The van der Waals surface area contributed by atoms with Crippen LogP contribution < -0.4 is 0 Å². The van der Waals surface area contributed by atoms with E-state index in [9.17, 15) is 0 Å². The number of hydrogen-bond donors (Lipinski definition) is 0. The van der Waals surface area contributed by atoms with E-state index < -0.39 is 13.5 Å². The SMILES string of the molecule is Brc1cccnc1.CC1CC(C)C(N2[CH+]N(C3C(C)CC(C)CC3C)CC2)C(C)C1.CC1CC[N-]CC1.[Cl][Ru]([Cl])=[CH]c1ccccc1. The summed E-state index contributed by atoms with van der Waals surface area (Å²) in [5.41, 5.74) is 1.12.